The molecule has 0 N–H and O–H groups in total. The first-order valence-corrected chi connectivity index (χ1v) is 23.4. The Labute approximate surface area is 364 Å². The van der Waals surface area contributed by atoms with Gasteiger partial charge in [-0.3, -0.25) is 4.90 Å². The number of aryl methyl sites for hydroxylation is 1. The molecule has 4 atom stereocenters. The zero-order valence-corrected chi connectivity index (χ0v) is 37.1. The molecule has 12 heteroatoms. The first kappa shape index (κ1) is 39.9. The Morgan fingerprint density at radius 2 is 1.74 bits per heavy atom. The van der Waals surface area contributed by atoms with E-state index in [1.165, 1.54) is 18.4 Å². The molecule has 5 saturated heterocycles. The zero-order valence-electron chi connectivity index (χ0n) is 37.1. The van der Waals surface area contributed by atoms with Crippen LogP contribution < -0.4 is 14.4 Å². The summed E-state index contributed by atoms with van der Waals surface area (Å²) >= 11 is 0. The molecule has 11 rings (SSSR count). The van der Waals surface area contributed by atoms with Crippen molar-refractivity contribution in [2.24, 2.45) is 0 Å². The van der Waals surface area contributed by atoms with Gasteiger partial charge in [0, 0.05) is 36.0 Å². The molecule has 5 aliphatic heterocycles. The van der Waals surface area contributed by atoms with Crippen molar-refractivity contribution in [1.82, 2.24) is 29.5 Å². The first-order chi connectivity index (χ1) is 30.0. The Morgan fingerprint density at radius 1 is 0.935 bits per heavy atom. The Morgan fingerprint density at radius 3 is 2.45 bits per heavy atom. The second-order valence-electron chi connectivity index (χ2n) is 20.0. The third-order valence-corrected chi connectivity index (χ3v) is 14.6. The Bertz CT molecular complexity index is 2500. The number of benzene rings is 3. The molecule has 1 saturated carbocycles. The summed E-state index contributed by atoms with van der Waals surface area (Å²) in [6.45, 7) is 14.9. The molecular formula is C50H61N7O5. The van der Waals surface area contributed by atoms with Crippen LogP contribution in [0.25, 0.3) is 32.9 Å². The molecule has 6 aliphatic rings. The maximum atomic E-state index is 13.4. The lowest BCUT2D eigenvalue weighted by atomic mass is 9.88. The summed E-state index contributed by atoms with van der Waals surface area (Å²) in [6, 6.07) is 17.8. The van der Waals surface area contributed by atoms with E-state index in [-0.39, 0.29) is 36.0 Å². The van der Waals surface area contributed by atoms with E-state index in [1.807, 2.05) is 31.9 Å². The molecule has 62 heavy (non-hydrogen) atoms. The fraction of sp³-hybridized carbons (Fsp3) is 0.560. The predicted octanol–water partition coefficient (Wildman–Crippen LogP) is 9.88. The van der Waals surface area contributed by atoms with Crippen LogP contribution in [0.4, 0.5) is 10.6 Å². The average molecular weight is 840 g/mol. The van der Waals surface area contributed by atoms with Crippen LogP contribution in [0.1, 0.15) is 127 Å². The molecule has 6 fully saturated rings. The number of amides is 1. The molecule has 1 amide bonds. The fourth-order valence-electron chi connectivity index (χ4n) is 11.4. The van der Waals surface area contributed by atoms with E-state index < -0.39 is 5.60 Å². The van der Waals surface area contributed by atoms with Gasteiger partial charge in [0.05, 0.1) is 29.3 Å². The van der Waals surface area contributed by atoms with Crippen molar-refractivity contribution in [2.75, 3.05) is 44.3 Å². The number of carbonyl (C=O) groups excluding carboxylic acids is 1. The Balaban J connectivity index is 1.10. The lowest BCUT2D eigenvalue weighted by molar-refractivity contribution is -0.0366. The summed E-state index contributed by atoms with van der Waals surface area (Å²) in [4.78, 5) is 31.2. The number of hydrogen-bond acceptors (Lipinski definition) is 10. The summed E-state index contributed by atoms with van der Waals surface area (Å²) in [6.07, 6.45) is 12.3. The third kappa shape index (κ3) is 7.05. The van der Waals surface area contributed by atoms with Gasteiger partial charge >= 0.3 is 12.1 Å². The van der Waals surface area contributed by atoms with Gasteiger partial charge < -0.3 is 28.7 Å². The van der Waals surface area contributed by atoms with E-state index in [2.05, 4.69) is 76.9 Å². The van der Waals surface area contributed by atoms with Crippen molar-refractivity contribution in [3.05, 3.63) is 71.4 Å². The van der Waals surface area contributed by atoms with Crippen LogP contribution in [0, 0.1) is 6.92 Å². The number of hydrogen-bond donors (Lipinski definition) is 0. The van der Waals surface area contributed by atoms with Crippen LogP contribution in [0.5, 0.6) is 11.8 Å². The molecule has 326 valence electrons. The third-order valence-electron chi connectivity index (χ3n) is 14.6. The van der Waals surface area contributed by atoms with Crippen LogP contribution in [-0.4, -0.2) is 98.3 Å². The summed E-state index contributed by atoms with van der Waals surface area (Å²) in [5, 5.41) is 7.07. The second-order valence-corrected chi connectivity index (χ2v) is 20.0. The van der Waals surface area contributed by atoms with E-state index in [0.29, 0.717) is 31.6 Å². The highest BCUT2D eigenvalue weighted by Crippen LogP contribution is 2.54. The van der Waals surface area contributed by atoms with E-state index in [9.17, 15) is 4.79 Å². The molecule has 0 spiro atoms. The number of ether oxygens (including phenoxy) is 4. The van der Waals surface area contributed by atoms with E-state index >= 15 is 0 Å². The lowest BCUT2D eigenvalue weighted by Gasteiger charge is -2.36. The smallest absolute Gasteiger partial charge is 0.410 e. The van der Waals surface area contributed by atoms with Crippen molar-refractivity contribution in [2.45, 2.75) is 140 Å². The standard InChI is InChI=1S/C50H61N7O5/c1-31-16-19-40-39(27-51-57(40)41-15-9-10-24-59-41)42(31)43-37(34-17-18-34)26-38-44(45(43)61-32(2)33-13-7-6-8-14-33)52-47(60-30-50-20-11-22-54(50)23-12-21-50)53-46(38)55-28-36-25-35(55)29-56(36)48(58)62-49(3,4)5/h6-8,13-14,16,19,26-27,32,34-36,41H,9-12,15,17-18,20-25,28-30H2,1-5H3/t32-,35-,36-,41?/m0/s1. The molecule has 7 heterocycles. The van der Waals surface area contributed by atoms with E-state index in [0.717, 1.165) is 127 Å². The van der Waals surface area contributed by atoms with Crippen LogP contribution in [0.15, 0.2) is 54.7 Å². The number of likely N-dealkylation sites (tertiary alicyclic amines) is 1. The maximum absolute atomic E-state index is 13.4. The molecule has 3 aromatic carbocycles. The topological polar surface area (TPSA) is 107 Å². The van der Waals surface area contributed by atoms with Gasteiger partial charge in [-0.25, -0.2) is 9.48 Å². The molecule has 5 aromatic rings. The normalized spacial score (nSPS) is 24.0. The minimum atomic E-state index is -0.559. The van der Waals surface area contributed by atoms with Crippen LogP contribution >= 0.6 is 0 Å². The molecular weight excluding hydrogens is 779 g/mol. The van der Waals surface area contributed by atoms with Gasteiger partial charge in [-0.2, -0.15) is 15.1 Å². The monoisotopic (exact) mass is 839 g/mol. The minimum Gasteiger partial charge on any atom is -0.483 e. The highest BCUT2D eigenvalue weighted by molar-refractivity contribution is 6.06. The number of rotatable bonds is 10. The maximum Gasteiger partial charge on any atom is 0.410 e. The molecule has 2 aromatic heterocycles. The van der Waals surface area contributed by atoms with Gasteiger partial charge in [0.15, 0.2) is 12.0 Å². The molecule has 12 nitrogen and oxygen atoms in total. The van der Waals surface area contributed by atoms with Gasteiger partial charge in [0.25, 0.3) is 0 Å². The number of nitrogens with zero attached hydrogens (tertiary/aromatic N) is 7. The first-order valence-electron chi connectivity index (χ1n) is 23.4. The molecule has 0 radical (unpaired) electrons. The molecule has 1 aliphatic carbocycles. The Kier molecular flexibility index (Phi) is 9.90. The van der Waals surface area contributed by atoms with Crippen LogP contribution in [0.3, 0.4) is 0 Å². The van der Waals surface area contributed by atoms with Gasteiger partial charge in [-0.15, -0.1) is 0 Å². The van der Waals surface area contributed by atoms with Crippen LogP contribution in [-0.2, 0) is 9.47 Å². The largest absolute Gasteiger partial charge is 0.483 e. The lowest BCUT2D eigenvalue weighted by Crippen LogP contribution is -2.50. The quantitative estimate of drug-likeness (QED) is 0.135. The number of anilines is 1. The summed E-state index contributed by atoms with van der Waals surface area (Å²) < 4.78 is 28.6. The summed E-state index contributed by atoms with van der Waals surface area (Å²) in [5.74, 6) is 1.98. The van der Waals surface area contributed by atoms with Crippen LogP contribution in [0.2, 0.25) is 0 Å². The van der Waals surface area contributed by atoms with Crippen molar-refractivity contribution in [3.8, 4) is 22.9 Å². The van der Waals surface area contributed by atoms with Gasteiger partial charge in [-0.05, 0) is 152 Å². The average Bonchev–Trinajstić information content (AvgIpc) is 3.64. The van der Waals surface area contributed by atoms with Crippen molar-refractivity contribution >= 4 is 33.7 Å². The summed E-state index contributed by atoms with van der Waals surface area (Å²) in [5.41, 5.74) is 7.01. The summed E-state index contributed by atoms with van der Waals surface area (Å²) in [7, 11) is 0. The van der Waals surface area contributed by atoms with E-state index in [4.69, 9.17) is 34.0 Å². The fourth-order valence-corrected chi connectivity index (χ4v) is 11.4. The number of carbonyl (C=O) groups is 1. The minimum absolute atomic E-state index is 0.0228. The number of piperazine rings is 1. The van der Waals surface area contributed by atoms with E-state index in [1.54, 1.807) is 0 Å². The molecule has 2 bridgehead atoms. The van der Waals surface area contributed by atoms with Crippen molar-refractivity contribution in [1.29, 1.82) is 0 Å². The van der Waals surface area contributed by atoms with Crippen molar-refractivity contribution in [3.63, 3.8) is 0 Å². The molecule has 1 unspecified atom stereocenters. The van der Waals surface area contributed by atoms with Crippen molar-refractivity contribution < 1.29 is 23.7 Å². The highest BCUT2D eigenvalue weighted by Gasteiger charge is 2.49. The second kappa shape index (κ2) is 15.4. The highest BCUT2D eigenvalue weighted by atomic mass is 16.6. The van der Waals surface area contributed by atoms with Gasteiger partial charge in [0.2, 0.25) is 0 Å². The van der Waals surface area contributed by atoms with Gasteiger partial charge in [0.1, 0.15) is 29.6 Å². The van der Waals surface area contributed by atoms with Gasteiger partial charge in [-0.1, -0.05) is 36.4 Å². The number of fused-ring (bicyclic) bond motifs is 5. The zero-order chi connectivity index (χ0) is 42.3. The Hall–Kier alpha value is -4.94. The SMILES string of the molecule is Cc1ccc2c(cnn2C2CCCCO2)c1-c1c(C2CC2)cc2c(N3C[C@@H]4C[C@H]3CN4C(=O)OC(C)(C)C)nc(OCC34CCCN3CCC4)nc2c1O[C@@H](C)c1ccccc1. The predicted molar refractivity (Wildman–Crippen MR) is 240 cm³/mol. The number of aromatic nitrogens is 4.